The number of carbonyl (C=O) groups is 1. The Morgan fingerprint density at radius 3 is 2.36 bits per heavy atom. The summed E-state index contributed by atoms with van der Waals surface area (Å²) in [5.41, 5.74) is 2.11. The summed E-state index contributed by atoms with van der Waals surface area (Å²) < 4.78 is 0. The number of benzene rings is 4. The van der Waals surface area contributed by atoms with Gasteiger partial charge < -0.3 is 5.11 Å². The normalized spacial score (nSPS) is 36.9. The zero-order valence-corrected chi connectivity index (χ0v) is 22.3. The third-order valence-corrected chi connectivity index (χ3v) is 11.5. The van der Waals surface area contributed by atoms with Gasteiger partial charge in [-0.3, -0.25) is 14.6 Å². The molecule has 4 fully saturated rings. The highest BCUT2D eigenvalue weighted by Crippen LogP contribution is 2.79. The molecule has 1 aliphatic carbocycles. The third-order valence-electron chi connectivity index (χ3n) is 10.3. The second-order valence-electron chi connectivity index (χ2n) is 11.7. The molecule has 39 heavy (non-hydrogen) atoms. The van der Waals surface area contributed by atoms with E-state index in [-0.39, 0.29) is 17.1 Å². The SMILES string of the molecule is O=C1/C(=C/c2ccccc2)CN2C[C@@]13[C@@H](c1ccccc1)[C@H]1SCCN1[C@@]31c3cccc4cccc(c34)[C@@]21O. The lowest BCUT2D eigenvalue weighted by molar-refractivity contribution is -0.172. The Balaban J connectivity index is 1.41. The van der Waals surface area contributed by atoms with Crippen LogP contribution >= 0.6 is 11.8 Å². The fourth-order valence-corrected chi connectivity index (χ4v) is 10.7. The molecule has 5 heteroatoms. The van der Waals surface area contributed by atoms with Gasteiger partial charge in [0.1, 0.15) is 5.54 Å². The molecule has 2 spiro atoms. The van der Waals surface area contributed by atoms with Gasteiger partial charge in [0.25, 0.3) is 0 Å². The topological polar surface area (TPSA) is 43.8 Å². The number of hydrogen-bond acceptors (Lipinski definition) is 5. The molecule has 0 amide bonds. The third kappa shape index (κ3) is 2.36. The van der Waals surface area contributed by atoms with E-state index in [0.717, 1.165) is 45.3 Å². The van der Waals surface area contributed by atoms with E-state index < -0.39 is 16.7 Å². The first kappa shape index (κ1) is 22.6. The molecule has 5 aliphatic rings. The summed E-state index contributed by atoms with van der Waals surface area (Å²) in [6, 6.07) is 33.6. The van der Waals surface area contributed by atoms with Crippen LogP contribution in [0, 0.1) is 5.41 Å². The molecule has 9 rings (SSSR count). The number of piperidine rings is 1. The van der Waals surface area contributed by atoms with Crippen molar-refractivity contribution in [2.75, 3.05) is 25.4 Å². The van der Waals surface area contributed by atoms with E-state index in [1.807, 2.05) is 30.0 Å². The Kier molecular flexibility index (Phi) is 4.34. The van der Waals surface area contributed by atoms with Crippen molar-refractivity contribution in [1.82, 2.24) is 9.80 Å². The molecule has 4 aliphatic heterocycles. The smallest absolute Gasteiger partial charge is 0.170 e. The summed E-state index contributed by atoms with van der Waals surface area (Å²) in [7, 11) is 0. The van der Waals surface area contributed by atoms with Gasteiger partial charge in [-0.2, -0.15) is 0 Å². The molecule has 2 bridgehead atoms. The number of ketones is 1. The quantitative estimate of drug-likeness (QED) is 0.356. The van der Waals surface area contributed by atoms with Crippen LogP contribution in [0.15, 0.2) is 103 Å². The standard InChI is InChI=1S/C34H28N2O2S/c37-30-25(19-22-9-3-1-4-10-22)20-35-21-32(30)29(24-11-5-2-6-12-24)31-36(17-18-39-31)33(32)26-15-7-13-23-14-8-16-27(28(23)26)34(33,35)38/h1-16,19,29,31,38H,17-18,20-21H2/b25-19+/t29-,31+,32+,33-,34-/m0/s1. The van der Waals surface area contributed by atoms with Crippen molar-refractivity contribution >= 4 is 34.4 Å². The van der Waals surface area contributed by atoms with Crippen molar-refractivity contribution in [3.63, 3.8) is 0 Å². The van der Waals surface area contributed by atoms with Gasteiger partial charge in [-0.15, -0.1) is 11.8 Å². The molecule has 4 aromatic rings. The lowest BCUT2D eigenvalue weighted by Gasteiger charge is -2.48. The van der Waals surface area contributed by atoms with Crippen LogP contribution in [0.1, 0.15) is 28.2 Å². The minimum absolute atomic E-state index is 0.0423. The molecular formula is C34H28N2O2S. The Hall–Kier alpha value is -3.22. The van der Waals surface area contributed by atoms with Crippen LogP contribution in [0.4, 0.5) is 0 Å². The number of nitrogens with zero attached hydrogens (tertiary/aromatic N) is 2. The summed E-state index contributed by atoms with van der Waals surface area (Å²) in [5.74, 6) is 1.15. The number of rotatable bonds is 2. The zero-order valence-electron chi connectivity index (χ0n) is 21.5. The molecule has 1 N–H and O–H groups in total. The first-order valence-corrected chi connectivity index (χ1v) is 14.9. The number of fused-ring (bicyclic) bond motifs is 4. The highest BCUT2D eigenvalue weighted by atomic mass is 32.2. The summed E-state index contributed by atoms with van der Waals surface area (Å²) in [4.78, 5) is 20.1. The maximum Gasteiger partial charge on any atom is 0.170 e. The molecule has 192 valence electrons. The van der Waals surface area contributed by atoms with Crippen LogP contribution in [-0.2, 0) is 16.1 Å². The largest absolute Gasteiger partial charge is 0.369 e. The van der Waals surface area contributed by atoms with E-state index in [4.69, 9.17) is 0 Å². The molecule has 4 aromatic carbocycles. The molecular weight excluding hydrogens is 500 g/mol. The van der Waals surface area contributed by atoms with Crippen LogP contribution in [0.3, 0.4) is 0 Å². The van der Waals surface area contributed by atoms with Gasteiger partial charge in [-0.05, 0) is 33.5 Å². The maximum absolute atomic E-state index is 15.3. The molecule has 4 saturated heterocycles. The van der Waals surface area contributed by atoms with E-state index >= 15 is 4.79 Å². The van der Waals surface area contributed by atoms with Crippen LogP contribution in [-0.4, -0.2) is 51.5 Å². The van der Waals surface area contributed by atoms with Crippen molar-refractivity contribution in [1.29, 1.82) is 0 Å². The Morgan fingerprint density at radius 1 is 0.872 bits per heavy atom. The minimum atomic E-state index is -1.30. The Labute approximate surface area is 231 Å². The van der Waals surface area contributed by atoms with E-state index in [1.54, 1.807) is 0 Å². The second-order valence-corrected chi connectivity index (χ2v) is 12.9. The number of carbonyl (C=O) groups excluding carboxylic acids is 1. The van der Waals surface area contributed by atoms with E-state index in [0.29, 0.717) is 13.1 Å². The molecule has 0 saturated carbocycles. The fourth-order valence-electron chi connectivity index (χ4n) is 9.18. The highest BCUT2D eigenvalue weighted by Gasteiger charge is 2.87. The summed E-state index contributed by atoms with van der Waals surface area (Å²) >= 11 is 1.95. The average Bonchev–Trinajstić information content (AvgIpc) is 3.64. The Bertz CT molecular complexity index is 1720. The van der Waals surface area contributed by atoms with Gasteiger partial charge in [-0.25, -0.2) is 0 Å². The van der Waals surface area contributed by atoms with Crippen molar-refractivity contribution < 1.29 is 9.90 Å². The maximum atomic E-state index is 15.3. The molecule has 1 unspecified atom stereocenters. The van der Waals surface area contributed by atoms with E-state index in [9.17, 15) is 5.11 Å². The van der Waals surface area contributed by atoms with E-state index in [1.165, 1.54) is 5.56 Å². The number of aliphatic hydroxyl groups is 1. The Morgan fingerprint density at radius 2 is 1.59 bits per heavy atom. The monoisotopic (exact) mass is 528 g/mol. The average molecular weight is 529 g/mol. The summed E-state index contributed by atoms with van der Waals surface area (Å²) in [5, 5.41) is 15.8. The lowest BCUT2D eigenvalue weighted by atomic mass is 9.57. The van der Waals surface area contributed by atoms with Gasteiger partial charge in [0, 0.05) is 42.4 Å². The van der Waals surface area contributed by atoms with Crippen LogP contribution < -0.4 is 0 Å². The van der Waals surface area contributed by atoms with Crippen LogP contribution in [0.5, 0.6) is 0 Å². The van der Waals surface area contributed by atoms with Crippen molar-refractivity contribution in [3.8, 4) is 0 Å². The van der Waals surface area contributed by atoms with Crippen molar-refractivity contribution in [3.05, 3.63) is 125 Å². The first-order valence-electron chi connectivity index (χ1n) is 13.9. The molecule has 0 radical (unpaired) electrons. The van der Waals surface area contributed by atoms with Gasteiger partial charge in [-0.1, -0.05) is 97.1 Å². The second kappa shape index (κ2) is 7.49. The number of Topliss-reactive ketones (excluding diaryl/α,β-unsaturated/α-hetero) is 1. The zero-order chi connectivity index (χ0) is 26.0. The van der Waals surface area contributed by atoms with E-state index in [2.05, 4.69) is 94.7 Å². The highest BCUT2D eigenvalue weighted by molar-refractivity contribution is 8.00. The van der Waals surface area contributed by atoms with Crippen LogP contribution in [0.25, 0.3) is 16.8 Å². The van der Waals surface area contributed by atoms with Gasteiger partial charge in [0.15, 0.2) is 11.5 Å². The molecule has 4 nitrogen and oxygen atoms in total. The summed E-state index contributed by atoms with van der Waals surface area (Å²) in [6.07, 6.45) is 2.07. The van der Waals surface area contributed by atoms with Gasteiger partial charge >= 0.3 is 0 Å². The number of thioether (sulfide) groups is 1. The fraction of sp³-hybridized carbons (Fsp3) is 0.265. The number of hydrogen-bond donors (Lipinski definition) is 1. The molecule has 4 heterocycles. The van der Waals surface area contributed by atoms with Crippen molar-refractivity contribution in [2.45, 2.75) is 22.6 Å². The first-order chi connectivity index (χ1) is 19.1. The van der Waals surface area contributed by atoms with Crippen molar-refractivity contribution in [2.24, 2.45) is 5.41 Å². The van der Waals surface area contributed by atoms with Gasteiger partial charge in [0.2, 0.25) is 0 Å². The summed E-state index contributed by atoms with van der Waals surface area (Å²) in [6.45, 7) is 1.84. The lowest BCUT2D eigenvalue weighted by Crippen LogP contribution is -2.61. The van der Waals surface area contributed by atoms with Gasteiger partial charge in [0.05, 0.1) is 10.8 Å². The predicted octanol–water partition coefficient (Wildman–Crippen LogP) is 5.33. The molecule has 0 aromatic heterocycles. The van der Waals surface area contributed by atoms with Crippen LogP contribution in [0.2, 0.25) is 0 Å². The predicted molar refractivity (Wildman–Crippen MR) is 155 cm³/mol. The minimum Gasteiger partial charge on any atom is -0.369 e. The molecule has 6 atom stereocenters.